The van der Waals surface area contributed by atoms with Crippen molar-refractivity contribution in [2.75, 3.05) is 12.4 Å². The Kier molecular flexibility index (Phi) is 4.56. The molecular formula is C24H21FN4O. The molecule has 0 bridgehead atoms. The maximum absolute atomic E-state index is 14.3. The molecule has 3 N–H and O–H groups in total. The highest BCUT2D eigenvalue weighted by Crippen LogP contribution is 2.46. The first-order valence-electron chi connectivity index (χ1n) is 9.92. The van der Waals surface area contributed by atoms with Gasteiger partial charge in [-0.2, -0.15) is 5.10 Å². The van der Waals surface area contributed by atoms with Crippen molar-refractivity contribution in [3.8, 4) is 0 Å². The SMILES string of the molecule is CNCc1ccc([C@H]2Nc3cc(F)cc4c(=O)[nH]nc(c34)[C@H]2c2ccccc2)cc1. The third kappa shape index (κ3) is 3.06. The molecule has 3 aromatic carbocycles. The van der Waals surface area contributed by atoms with Crippen molar-refractivity contribution in [1.29, 1.82) is 0 Å². The second kappa shape index (κ2) is 7.39. The second-order valence-corrected chi connectivity index (χ2v) is 7.60. The van der Waals surface area contributed by atoms with Gasteiger partial charge in [0.2, 0.25) is 0 Å². The molecule has 5 rings (SSSR count). The third-order valence-electron chi connectivity index (χ3n) is 5.70. The Morgan fingerprint density at radius 1 is 1.03 bits per heavy atom. The summed E-state index contributed by atoms with van der Waals surface area (Å²) >= 11 is 0. The van der Waals surface area contributed by atoms with Crippen LogP contribution in [0.1, 0.15) is 34.3 Å². The van der Waals surface area contributed by atoms with Gasteiger partial charge in [0.1, 0.15) is 5.82 Å². The smallest absolute Gasteiger partial charge is 0.272 e. The summed E-state index contributed by atoms with van der Waals surface area (Å²) in [5.74, 6) is -0.590. The highest BCUT2D eigenvalue weighted by atomic mass is 19.1. The normalized spacial score (nSPS) is 17.7. The van der Waals surface area contributed by atoms with E-state index in [1.165, 1.54) is 17.7 Å². The number of aromatic nitrogens is 2. The predicted molar refractivity (Wildman–Crippen MR) is 116 cm³/mol. The van der Waals surface area contributed by atoms with Gasteiger partial charge >= 0.3 is 0 Å². The van der Waals surface area contributed by atoms with E-state index in [9.17, 15) is 9.18 Å². The van der Waals surface area contributed by atoms with Gasteiger partial charge in [0.15, 0.2) is 0 Å². The number of nitrogens with one attached hydrogen (secondary N) is 3. The zero-order chi connectivity index (χ0) is 20.7. The molecule has 0 spiro atoms. The minimum atomic E-state index is -0.450. The fourth-order valence-electron chi connectivity index (χ4n) is 4.37. The lowest BCUT2D eigenvalue weighted by Crippen LogP contribution is -2.28. The number of hydrogen-bond acceptors (Lipinski definition) is 4. The molecule has 0 aliphatic carbocycles. The average Bonchev–Trinajstić information content (AvgIpc) is 2.77. The maximum Gasteiger partial charge on any atom is 0.272 e. The Labute approximate surface area is 173 Å². The van der Waals surface area contributed by atoms with Gasteiger partial charge < -0.3 is 10.6 Å². The van der Waals surface area contributed by atoms with Crippen LogP contribution in [0.4, 0.5) is 10.1 Å². The Morgan fingerprint density at radius 3 is 2.53 bits per heavy atom. The summed E-state index contributed by atoms with van der Waals surface area (Å²) in [6.07, 6.45) is 0. The molecule has 6 heteroatoms. The van der Waals surface area contributed by atoms with Crippen LogP contribution in [-0.4, -0.2) is 17.2 Å². The van der Waals surface area contributed by atoms with Crippen LogP contribution in [0.25, 0.3) is 10.8 Å². The van der Waals surface area contributed by atoms with E-state index < -0.39 is 11.4 Å². The fourth-order valence-corrected chi connectivity index (χ4v) is 4.37. The molecule has 0 fully saturated rings. The fraction of sp³-hybridized carbons (Fsp3) is 0.167. The lowest BCUT2D eigenvalue weighted by atomic mass is 9.80. The van der Waals surface area contributed by atoms with Crippen molar-refractivity contribution < 1.29 is 4.39 Å². The maximum atomic E-state index is 14.3. The molecule has 5 nitrogen and oxygen atoms in total. The number of anilines is 1. The first-order valence-corrected chi connectivity index (χ1v) is 9.92. The summed E-state index contributed by atoms with van der Waals surface area (Å²) in [5, 5.41) is 14.6. The standard InChI is InChI=1S/C24H21FN4O/c1-26-13-14-7-9-16(10-8-14)22-20(15-5-3-2-4-6-15)23-21-18(24(30)29-28-23)11-17(25)12-19(21)27-22/h2-12,20,22,26-27H,13H2,1H3,(H,29,30)/t20-,22+/m0/s1. The molecule has 4 aromatic rings. The van der Waals surface area contributed by atoms with E-state index in [1.807, 2.05) is 25.2 Å². The molecule has 1 aromatic heterocycles. The van der Waals surface area contributed by atoms with E-state index in [0.717, 1.165) is 23.4 Å². The van der Waals surface area contributed by atoms with Crippen molar-refractivity contribution in [1.82, 2.24) is 15.5 Å². The van der Waals surface area contributed by atoms with Gasteiger partial charge in [-0.15, -0.1) is 0 Å². The molecule has 150 valence electrons. The molecule has 0 amide bonds. The van der Waals surface area contributed by atoms with E-state index in [0.29, 0.717) is 16.5 Å². The van der Waals surface area contributed by atoms with Crippen LogP contribution >= 0.6 is 0 Å². The van der Waals surface area contributed by atoms with E-state index >= 15 is 0 Å². The molecule has 30 heavy (non-hydrogen) atoms. The topological polar surface area (TPSA) is 69.8 Å². The highest BCUT2D eigenvalue weighted by Gasteiger charge is 2.35. The minimum Gasteiger partial charge on any atom is -0.377 e. The number of rotatable bonds is 4. The number of halogens is 1. The minimum absolute atomic E-state index is 0.140. The van der Waals surface area contributed by atoms with Crippen molar-refractivity contribution in [3.63, 3.8) is 0 Å². The Bertz CT molecular complexity index is 1270. The molecule has 0 radical (unpaired) electrons. The van der Waals surface area contributed by atoms with Crippen LogP contribution in [-0.2, 0) is 6.54 Å². The van der Waals surface area contributed by atoms with Gasteiger partial charge in [-0.25, -0.2) is 9.49 Å². The van der Waals surface area contributed by atoms with E-state index in [2.05, 4.69) is 57.2 Å². The van der Waals surface area contributed by atoms with Crippen molar-refractivity contribution in [3.05, 3.63) is 105 Å². The van der Waals surface area contributed by atoms with Gasteiger partial charge in [-0.05, 0) is 35.9 Å². The first kappa shape index (κ1) is 18.5. The molecule has 0 saturated heterocycles. The van der Waals surface area contributed by atoms with Crippen LogP contribution in [0.5, 0.6) is 0 Å². The number of hydrogen-bond donors (Lipinski definition) is 3. The van der Waals surface area contributed by atoms with Gasteiger partial charge in [0.25, 0.3) is 5.56 Å². The zero-order valence-electron chi connectivity index (χ0n) is 16.4. The van der Waals surface area contributed by atoms with Gasteiger partial charge in [0.05, 0.1) is 23.0 Å². The summed E-state index contributed by atoms with van der Waals surface area (Å²) in [5.41, 5.74) is 4.27. The zero-order valence-corrected chi connectivity index (χ0v) is 16.4. The summed E-state index contributed by atoms with van der Waals surface area (Å²) in [6, 6.07) is 21.0. The average molecular weight is 400 g/mol. The third-order valence-corrected chi connectivity index (χ3v) is 5.70. The Morgan fingerprint density at radius 2 is 1.80 bits per heavy atom. The number of benzene rings is 3. The monoisotopic (exact) mass is 400 g/mol. The molecule has 0 saturated carbocycles. The van der Waals surface area contributed by atoms with E-state index in [-0.39, 0.29) is 12.0 Å². The quantitative estimate of drug-likeness (QED) is 0.483. The largest absolute Gasteiger partial charge is 0.377 e. The van der Waals surface area contributed by atoms with Gasteiger partial charge in [-0.3, -0.25) is 4.79 Å². The molecule has 2 heterocycles. The molecule has 0 unspecified atom stereocenters. The number of aromatic amines is 1. The summed E-state index contributed by atoms with van der Waals surface area (Å²) in [7, 11) is 1.92. The number of nitrogens with zero attached hydrogens (tertiary/aromatic N) is 1. The van der Waals surface area contributed by atoms with Crippen LogP contribution in [0, 0.1) is 5.82 Å². The molecular weight excluding hydrogens is 379 g/mol. The van der Waals surface area contributed by atoms with E-state index in [1.54, 1.807) is 0 Å². The molecule has 1 aliphatic rings. The van der Waals surface area contributed by atoms with Crippen LogP contribution in [0.15, 0.2) is 71.5 Å². The molecule has 1 aliphatic heterocycles. The number of H-pyrrole nitrogens is 1. The van der Waals surface area contributed by atoms with E-state index in [4.69, 9.17) is 0 Å². The van der Waals surface area contributed by atoms with Crippen LogP contribution in [0.3, 0.4) is 0 Å². The van der Waals surface area contributed by atoms with Crippen molar-refractivity contribution in [2.45, 2.75) is 18.5 Å². The predicted octanol–water partition coefficient (Wildman–Crippen LogP) is 4.08. The van der Waals surface area contributed by atoms with Gasteiger partial charge in [-0.1, -0.05) is 54.6 Å². The summed E-state index contributed by atoms with van der Waals surface area (Å²) in [6.45, 7) is 0.788. The molecule has 2 atom stereocenters. The van der Waals surface area contributed by atoms with Crippen LogP contribution in [0.2, 0.25) is 0 Å². The van der Waals surface area contributed by atoms with Crippen molar-refractivity contribution >= 4 is 16.5 Å². The first-order chi connectivity index (χ1) is 14.7. The summed E-state index contributed by atoms with van der Waals surface area (Å²) < 4.78 is 14.3. The lowest BCUT2D eigenvalue weighted by Gasteiger charge is -2.34. The Hall–Kier alpha value is -3.51. The van der Waals surface area contributed by atoms with Crippen molar-refractivity contribution in [2.24, 2.45) is 0 Å². The highest BCUT2D eigenvalue weighted by molar-refractivity contribution is 5.97. The Balaban J connectivity index is 1.73. The second-order valence-electron chi connectivity index (χ2n) is 7.60. The van der Waals surface area contributed by atoms with Gasteiger partial charge in [0, 0.05) is 17.6 Å². The van der Waals surface area contributed by atoms with Crippen LogP contribution < -0.4 is 16.2 Å². The summed E-state index contributed by atoms with van der Waals surface area (Å²) in [4.78, 5) is 12.4. The lowest BCUT2D eigenvalue weighted by molar-refractivity contribution is 0.618.